The summed E-state index contributed by atoms with van der Waals surface area (Å²) >= 11 is 0. The van der Waals surface area contributed by atoms with Gasteiger partial charge in [-0.25, -0.2) is 0 Å². The van der Waals surface area contributed by atoms with Crippen LogP contribution in [-0.2, 0) is 0 Å². The number of likely N-dealkylation sites (N-methyl/N-ethyl adjacent to an activating group) is 1. The minimum atomic E-state index is 0.168. The van der Waals surface area contributed by atoms with E-state index in [1.54, 1.807) is 0 Å². The van der Waals surface area contributed by atoms with Crippen LogP contribution in [0.25, 0.3) is 0 Å². The van der Waals surface area contributed by atoms with E-state index in [4.69, 9.17) is 10.5 Å². The van der Waals surface area contributed by atoms with E-state index < -0.39 is 0 Å². The van der Waals surface area contributed by atoms with Gasteiger partial charge in [-0.3, -0.25) is 0 Å². The van der Waals surface area contributed by atoms with Gasteiger partial charge in [0.15, 0.2) is 0 Å². The van der Waals surface area contributed by atoms with Crippen LogP contribution in [0.2, 0.25) is 0 Å². The highest BCUT2D eigenvalue weighted by atomic mass is 16.5. The maximum absolute atomic E-state index is 5.58. The molecule has 1 aliphatic rings. The van der Waals surface area contributed by atoms with E-state index in [0.29, 0.717) is 12.0 Å². The van der Waals surface area contributed by atoms with Gasteiger partial charge in [0.2, 0.25) is 11.9 Å². The number of nitrogen functional groups attached to an aromatic ring is 1. The van der Waals surface area contributed by atoms with E-state index in [-0.39, 0.29) is 12.0 Å². The Hall–Kier alpha value is -1.63. The number of aromatic nitrogens is 3. The molecule has 7 heteroatoms. The molecule has 0 saturated carbocycles. The van der Waals surface area contributed by atoms with Crippen molar-refractivity contribution in [2.45, 2.75) is 25.3 Å². The Morgan fingerprint density at radius 1 is 1.39 bits per heavy atom. The average Bonchev–Trinajstić information content (AvgIpc) is 2.37. The Morgan fingerprint density at radius 2 is 2.22 bits per heavy atom. The average molecular weight is 252 g/mol. The second kappa shape index (κ2) is 5.81. The van der Waals surface area contributed by atoms with Gasteiger partial charge in [-0.15, -0.1) is 0 Å². The number of hydrogen-bond acceptors (Lipinski definition) is 7. The molecule has 1 aromatic rings. The highest BCUT2D eigenvalue weighted by Gasteiger charge is 2.18. The first-order valence-corrected chi connectivity index (χ1v) is 6.18. The van der Waals surface area contributed by atoms with Gasteiger partial charge < -0.3 is 20.7 Å². The predicted octanol–water partition coefficient (Wildman–Crippen LogP) is 0.359. The molecule has 0 amide bonds. The summed E-state index contributed by atoms with van der Waals surface area (Å²) in [5.41, 5.74) is 5.58. The molecule has 1 aliphatic heterocycles. The molecule has 1 aromatic heterocycles. The van der Waals surface area contributed by atoms with Crippen LogP contribution in [0.3, 0.4) is 0 Å². The zero-order valence-electron chi connectivity index (χ0n) is 10.9. The lowest BCUT2D eigenvalue weighted by Crippen LogP contribution is -2.41. The van der Waals surface area contributed by atoms with Gasteiger partial charge in [-0.1, -0.05) is 6.42 Å². The van der Waals surface area contributed by atoms with Crippen molar-refractivity contribution in [3.05, 3.63) is 0 Å². The number of anilines is 2. The molecule has 3 N–H and O–H groups in total. The highest BCUT2D eigenvalue weighted by Crippen LogP contribution is 2.15. The fourth-order valence-corrected chi connectivity index (χ4v) is 2.15. The van der Waals surface area contributed by atoms with E-state index in [2.05, 4.69) is 32.2 Å². The number of rotatable bonds is 4. The molecule has 0 radical (unpaired) electrons. The maximum Gasteiger partial charge on any atom is 0.322 e. The number of ether oxygens (including phenoxy) is 1. The molecular weight excluding hydrogens is 232 g/mol. The number of nitrogens with two attached hydrogens (primary N) is 1. The summed E-state index contributed by atoms with van der Waals surface area (Å²) in [7, 11) is 3.65. The van der Waals surface area contributed by atoms with Gasteiger partial charge in [0, 0.05) is 12.6 Å². The van der Waals surface area contributed by atoms with E-state index in [9.17, 15) is 0 Å². The summed E-state index contributed by atoms with van der Waals surface area (Å²) in [4.78, 5) is 14.3. The summed E-state index contributed by atoms with van der Waals surface area (Å²) in [5.74, 6) is 0.639. The quantitative estimate of drug-likeness (QED) is 0.799. The number of hydrogen-bond donors (Lipinski definition) is 2. The Bertz CT molecular complexity index is 399. The van der Waals surface area contributed by atoms with Gasteiger partial charge in [0.25, 0.3) is 0 Å². The lowest BCUT2D eigenvalue weighted by molar-refractivity contribution is 0.194. The third-order valence-electron chi connectivity index (χ3n) is 3.23. The molecule has 2 heterocycles. The number of likely N-dealkylation sites (tertiary alicyclic amines) is 1. The van der Waals surface area contributed by atoms with Crippen molar-refractivity contribution >= 4 is 11.9 Å². The molecule has 0 aliphatic carbocycles. The smallest absolute Gasteiger partial charge is 0.322 e. The molecule has 0 aromatic carbocycles. The zero-order chi connectivity index (χ0) is 13.0. The summed E-state index contributed by atoms with van der Waals surface area (Å²) in [6, 6.07) is 0.754. The van der Waals surface area contributed by atoms with Gasteiger partial charge in [0.05, 0.1) is 7.11 Å². The predicted molar refractivity (Wildman–Crippen MR) is 69.6 cm³/mol. The van der Waals surface area contributed by atoms with Crippen LogP contribution in [0.4, 0.5) is 11.9 Å². The third kappa shape index (κ3) is 3.19. The van der Waals surface area contributed by atoms with Crippen molar-refractivity contribution in [3.63, 3.8) is 0 Å². The summed E-state index contributed by atoms with van der Waals surface area (Å²) in [5, 5.41) is 3.20. The number of methoxy groups -OCH3 is 1. The molecule has 0 spiro atoms. The highest BCUT2D eigenvalue weighted by molar-refractivity contribution is 5.32. The van der Waals surface area contributed by atoms with Crippen LogP contribution in [-0.4, -0.2) is 53.1 Å². The maximum atomic E-state index is 5.58. The monoisotopic (exact) mass is 252 g/mol. The number of piperidine rings is 1. The van der Waals surface area contributed by atoms with E-state index >= 15 is 0 Å². The van der Waals surface area contributed by atoms with E-state index in [1.165, 1.54) is 26.4 Å². The second-order valence-corrected chi connectivity index (χ2v) is 4.52. The minimum absolute atomic E-state index is 0.168. The molecule has 2 rings (SSSR count). The van der Waals surface area contributed by atoms with Crippen LogP contribution in [0, 0.1) is 0 Å². The van der Waals surface area contributed by atoms with Crippen LogP contribution >= 0.6 is 0 Å². The van der Waals surface area contributed by atoms with Crippen LogP contribution in [0.5, 0.6) is 6.01 Å². The molecule has 1 fully saturated rings. The molecular formula is C11H20N6O. The Balaban J connectivity index is 1.94. The first-order valence-electron chi connectivity index (χ1n) is 6.18. The van der Waals surface area contributed by atoms with Gasteiger partial charge >= 0.3 is 6.01 Å². The largest absolute Gasteiger partial charge is 0.467 e. The standard InChI is InChI=1S/C11H20N6O/c1-17-6-4-3-5-8(17)7-13-10-14-9(12)15-11(16-10)18-2/h8H,3-7H2,1-2H3,(H3,12,13,14,15,16). The molecule has 0 bridgehead atoms. The first-order chi connectivity index (χ1) is 8.69. The van der Waals surface area contributed by atoms with Gasteiger partial charge in [-0.2, -0.15) is 15.0 Å². The van der Waals surface area contributed by atoms with Gasteiger partial charge in [0.1, 0.15) is 0 Å². The zero-order valence-corrected chi connectivity index (χ0v) is 10.9. The van der Waals surface area contributed by atoms with Crippen molar-refractivity contribution in [3.8, 4) is 6.01 Å². The number of nitrogens with zero attached hydrogens (tertiary/aromatic N) is 4. The summed E-state index contributed by atoms with van der Waals surface area (Å²) in [6.07, 6.45) is 3.75. The minimum Gasteiger partial charge on any atom is -0.467 e. The molecule has 18 heavy (non-hydrogen) atoms. The van der Waals surface area contributed by atoms with Crippen molar-refractivity contribution in [2.24, 2.45) is 0 Å². The first kappa shape index (κ1) is 12.8. The lowest BCUT2D eigenvalue weighted by Gasteiger charge is -2.32. The van der Waals surface area contributed by atoms with Crippen molar-refractivity contribution < 1.29 is 4.74 Å². The normalized spacial score (nSPS) is 20.7. The van der Waals surface area contributed by atoms with Crippen LogP contribution < -0.4 is 15.8 Å². The van der Waals surface area contributed by atoms with Crippen LogP contribution in [0.1, 0.15) is 19.3 Å². The molecule has 1 saturated heterocycles. The fraction of sp³-hybridized carbons (Fsp3) is 0.727. The van der Waals surface area contributed by atoms with E-state index in [0.717, 1.165) is 13.1 Å². The van der Waals surface area contributed by atoms with E-state index in [1.807, 2.05) is 0 Å². The Morgan fingerprint density at radius 3 is 2.94 bits per heavy atom. The number of nitrogens with one attached hydrogen (secondary N) is 1. The van der Waals surface area contributed by atoms with Crippen molar-refractivity contribution in [1.82, 2.24) is 19.9 Å². The molecule has 7 nitrogen and oxygen atoms in total. The third-order valence-corrected chi connectivity index (χ3v) is 3.23. The van der Waals surface area contributed by atoms with Crippen molar-refractivity contribution in [1.29, 1.82) is 0 Å². The second-order valence-electron chi connectivity index (χ2n) is 4.52. The van der Waals surface area contributed by atoms with Gasteiger partial charge in [-0.05, 0) is 26.4 Å². The SMILES string of the molecule is COc1nc(N)nc(NCC2CCCCN2C)n1. The lowest BCUT2D eigenvalue weighted by atomic mass is 10.0. The molecule has 1 atom stereocenters. The molecule has 100 valence electrons. The Labute approximate surface area is 107 Å². The topological polar surface area (TPSA) is 89.2 Å². The summed E-state index contributed by atoms with van der Waals surface area (Å²) < 4.78 is 4.96. The van der Waals surface area contributed by atoms with Crippen LogP contribution in [0.15, 0.2) is 0 Å². The van der Waals surface area contributed by atoms with Crippen molar-refractivity contribution in [2.75, 3.05) is 38.3 Å². The Kier molecular flexibility index (Phi) is 4.14. The summed E-state index contributed by atoms with van der Waals surface area (Å²) in [6.45, 7) is 1.96. The molecule has 1 unspecified atom stereocenters. The fourth-order valence-electron chi connectivity index (χ4n) is 2.15.